The Kier molecular flexibility index (Phi) is 3.79. The molecule has 0 saturated carbocycles. The number of piperazine rings is 1. The molecule has 1 saturated heterocycles. The molecule has 1 aliphatic heterocycles. The third-order valence-corrected chi connectivity index (χ3v) is 3.44. The predicted octanol–water partition coefficient (Wildman–Crippen LogP) is 3.05. The number of pyridine rings is 1. The molecule has 1 aromatic heterocycles. The number of anilines is 1. The molecule has 0 atom stereocenters. The summed E-state index contributed by atoms with van der Waals surface area (Å²) in [4.78, 5) is 5.65. The Hall–Kier alpha value is -0.820. The molecule has 0 aromatic carbocycles. The molecule has 0 bridgehead atoms. The summed E-state index contributed by atoms with van der Waals surface area (Å²) in [5, 5.41) is 3.27. The second-order valence-corrected chi connectivity index (χ2v) is 6.17. The lowest BCUT2D eigenvalue weighted by molar-refractivity contribution is -0.137. The number of hydrogen-bond donors (Lipinski definition) is 1. The summed E-state index contributed by atoms with van der Waals surface area (Å²) in [5.41, 5.74) is -0.921. The fourth-order valence-electron chi connectivity index (χ4n) is 2.21. The van der Waals surface area contributed by atoms with Crippen LogP contribution in [0.5, 0.6) is 0 Å². The standard InChI is InChI=1S/C12H15BrF3N3/c1-11(2)7-19(4-3-18-11)10-9(12(14,15)16)5-8(13)6-17-10/h5-6,18H,3-4,7H2,1-2H3. The van der Waals surface area contributed by atoms with Gasteiger partial charge in [-0.25, -0.2) is 4.98 Å². The first-order valence-corrected chi connectivity index (χ1v) is 6.71. The summed E-state index contributed by atoms with van der Waals surface area (Å²) in [6, 6.07) is 1.08. The smallest absolute Gasteiger partial charge is 0.353 e. The van der Waals surface area contributed by atoms with Gasteiger partial charge in [0.25, 0.3) is 0 Å². The van der Waals surface area contributed by atoms with Crippen molar-refractivity contribution in [2.24, 2.45) is 0 Å². The number of halogens is 4. The second kappa shape index (κ2) is 4.94. The zero-order valence-corrected chi connectivity index (χ0v) is 12.3. The first-order valence-electron chi connectivity index (χ1n) is 5.92. The molecule has 0 amide bonds. The lowest BCUT2D eigenvalue weighted by Gasteiger charge is -2.40. The highest BCUT2D eigenvalue weighted by Crippen LogP contribution is 2.37. The molecule has 2 rings (SSSR count). The van der Waals surface area contributed by atoms with E-state index in [0.717, 1.165) is 6.07 Å². The van der Waals surface area contributed by atoms with Gasteiger partial charge in [0.2, 0.25) is 0 Å². The van der Waals surface area contributed by atoms with Crippen LogP contribution in [0.1, 0.15) is 19.4 Å². The van der Waals surface area contributed by atoms with Crippen LogP contribution in [0.4, 0.5) is 19.0 Å². The fraction of sp³-hybridized carbons (Fsp3) is 0.583. The van der Waals surface area contributed by atoms with E-state index < -0.39 is 11.7 Å². The summed E-state index contributed by atoms with van der Waals surface area (Å²) in [6.45, 7) is 5.57. The average Bonchev–Trinajstić information content (AvgIpc) is 2.26. The quantitative estimate of drug-likeness (QED) is 0.853. The molecule has 0 spiro atoms. The van der Waals surface area contributed by atoms with Gasteiger partial charge < -0.3 is 10.2 Å². The van der Waals surface area contributed by atoms with E-state index in [1.165, 1.54) is 6.20 Å². The predicted molar refractivity (Wildman–Crippen MR) is 71.2 cm³/mol. The summed E-state index contributed by atoms with van der Waals surface area (Å²) >= 11 is 3.04. The van der Waals surface area contributed by atoms with Gasteiger partial charge in [-0.2, -0.15) is 13.2 Å². The van der Waals surface area contributed by atoms with Crippen molar-refractivity contribution >= 4 is 21.7 Å². The normalized spacial score (nSPS) is 19.6. The third-order valence-electron chi connectivity index (χ3n) is 3.01. The van der Waals surface area contributed by atoms with Crippen molar-refractivity contribution in [3.63, 3.8) is 0 Å². The first-order chi connectivity index (χ1) is 8.69. The minimum absolute atomic E-state index is 0.00488. The molecule has 1 aliphatic rings. The van der Waals surface area contributed by atoms with Crippen LogP contribution in [0.25, 0.3) is 0 Å². The van der Waals surface area contributed by atoms with Crippen LogP contribution in [0.2, 0.25) is 0 Å². The van der Waals surface area contributed by atoms with Crippen molar-refractivity contribution in [1.82, 2.24) is 10.3 Å². The van der Waals surface area contributed by atoms with E-state index in [1.54, 1.807) is 4.90 Å². The molecule has 0 unspecified atom stereocenters. The minimum Gasteiger partial charge on any atom is -0.353 e. The van der Waals surface area contributed by atoms with Gasteiger partial charge in [-0.3, -0.25) is 0 Å². The lowest BCUT2D eigenvalue weighted by atomic mass is 10.0. The second-order valence-electron chi connectivity index (χ2n) is 5.25. The van der Waals surface area contributed by atoms with Gasteiger partial charge >= 0.3 is 6.18 Å². The van der Waals surface area contributed by atoms with E-state index >= 15 is 0 Å². The van der Waals surface area contributed by atoms with Crippen molar-refractivity contribution in [3.8, 4) is 0 Å². The van der Waals surface area contributed by atoms with Crippen LogP contribution in [0.3, 0.4) is 0 Å². The van der Waals surface area contributed by atoms with Crippen LogP contribution in [-0.2, 0) is 6.18 Å². The van der Waals surface area contributed by atoms with E-state index in [9.17, 15) is 13.2 Å². The molecule has 0 radical (unpaired) electrons. The average molecular weight is 338 g/mol. The Morgan fingerprint density at radius 3 is 2.68 bits per heavy atom. The van der Waals surface area contributed by atoms with E-state index in [-0.39, 0.29) is 11.4 Å². The maximum absolute atomic E-state index is 13.1. The maximum Gasteiger partial charge on any atom is 0.419 e. The number of nitrogens with one attached hydrogen (secondary N) is 1. The van der Waals surface area contributed by atoms with Crippen LogP contribution >= 0.6 is 15.9 Å². The van der Waals surface area contributed by atoms with Crippen molar-refractivity contribution in [1.29, 1.82) is 0 Å². The highest BCUT2D eigenvalue weighted by molar-refractivity contribution is 9.10. The highest BCUT2D eigenvalue weighted by Gasteiger charge is 2.38. The van der Waals surface area contributed by atoms with Crippen molar-refractivity contribution in [2.45, 2.75) is 25.6 Å². The van der Waals surface area contributed by atoms with Gasteiger partial charge in [0.15, 0.2) is 0 Å². The molecular weight excluding hydrogens is 323 g/mol. The number of hydrogen-bond acceptors (Lipinski definition) is 3. The van der Waals surface area contributed by atoms with Gasteiger partial charge in [0.05, 0.1) is 5.56 Å². The van der Waals surface area contributed by atoms with Gasteiger partial charge in [0, 0.05) is 35.8 Å². The Morgan fingerprint density at radius 2 is 2.11 bits per heavy atom. The van der Waals surface area contributed by atoms with E-state index in [4.69, 9.17) is 0 Å². The zero-order chi connectivity index (χ0) is 14.3. The molecule has 0 aliphatic carbocycles. The van der Waals surface area contributed by atoms with Crippen LogP contribution in [0, 0.1) is 0 Å². The molecule has 1 N–H and O–H groups in total. The SMILES string of the molecule is CC1(C)CN(c2ncc(Br)cc2C(F)(F)F)CCN1. The third kappa shape index (κ3) is 3.39. The number of aromatic nitrogens is 1. The molecule has 19 heavy (non-hydrogen) atoms. The summed E-state index contributed by atoms with van der Waals surface area (Å²) < 4.78 is 39.5. The van der Waals surface area contributed by atoms with Crippen molar-refractivity contribution in [2.75, 3.05) is 24.5 Å². The fourth-order valence-corrected chi connectivity index (χ4v) is 2.55. The van der Waals surface area contributed by atoms with E-state index in [2.05, 4.69) is 26.2 Å². The monoisotopic (exact) mass is 337 g/mol. The first kappa shape index (κ1) is 14.6. The minimum atomic E-state index is -4.40. The van der Waals surface area contributed by atoms with Gasteiger partial charge in [-0.05, 0) is 35.8 Å². The van der Waals surface area contributed by atoms with Crippen molar-refractivity contribution < 1.29 is 13.2 Å². The Balaban J connectivity index is 2.39. The van der Waals surface area contributed by atoms with E-state index in [1.807, 2.05) is 13.8 Å². The molecular formula is C12H15BrF3N3. The molecule has 7 heteroatoms. The molecule has 1 fully saturated rings. The number of nitrogens with zero attached hydrogens (tertiary/aromatic N) is 2. The topological polar surface area (TPSA) is 28.2 Å². The summed E-state index contributed by atoms with van der Waals surface area (Å²) in [6.07, 6.45) is -3.00. The highest BCUT2D eigenvalue weighted by atomic mass is 79.9. The molecule has 106 valence electrons. The van der Waals surface area contributed by atoms with Gasteiger partial charge in [-0.15, -0.1) is 0 Å². The molecule has 1 aromatic rings. The maximum atomic E-state index is 13.1. The number of alkyl halides is 3. The molecule has 3 nitrogen and oxygen atoms in total. The van der Waals surface area contributed by atoms with Crippen LogP contribution < -0.4 is 10.2 Å². The molecule has 2 heterocycles. The van der Waals surface area contributed by atoms with Gasteiger partial charge in [-0.1, -0.05) is 0 Å². The largest absolute Gasteiger partial charge is 0.419 e. The van der Waals surface area contributed by atoms with Crippen LogP contribution in [0.15, 0.2) is 16.7 Å². The summed E-state index contributed by atoms with van der Waals surface area (Å²) in [5.74, 6) is 0.00488. The summed E-state index contributed by atoms with van der Waals surface area (Å²) in [7, 11) is 0. The lowest BCUT2D eigenvalue weighted by Crippen LogP contribution is -2.57. The van der Waals surface area contributed by atoms with E-state index in [0.29, 0.717) is 24.1 Å². The Morgan fingerprint density at radius 1 is 1.42 bits per heavy atom. The zero-order valence-electron chi connectivity index (χ0n) is 10.7. The Bertz CT molecular complexity index is 474. The van der Waals surface area contributed by atoms with Crippen LogP contribution in [-0.4, -0.2) is 30.2 Å². The number of rotatable bonds is 1. The van der Waals surface area contributed by atoms with Crippen molar-refractivity contribution in [3.05, 3.63) is 22.3 Å². The van der Waals surface area contributed by atoms with Gasteiger partial charge in [0.1, 0.15) is 5.82 Å². The Labute approximate surface area is 118 Å².